The maximum atomic E-state index is 10.8. The normalized spacial score (nSPS) is 10.6. The predicted molar refractivity (Wildman–Crippen MR) is 110 cm³/mol. The quantitative estimate of drug-likeness (QED) is 0.346. The van der Waals surface area contributed by atoms with Gasteiger partial charge in [-0.15, -0.1) is 0 Å². The second-order valence-electron chi connectivity index (χ2n) is 5.55. The fourth-order valence-corrected chi connectivity index (χ4v) is 2.26. The van der Waals surface area contributed by atoms with Crippen LogP contribution in [0.1, 0.15) is 5.56 Å². The molecule has 10 nitrogen and oxygen atoms in total. The first-order valence-corrected chi connectivity index (χ1v) is 8.74. The van der Waals surface area contributed by atoms with E-state index >= 15 is 0 Å². The van der Waals surface area contributed by atoms with Gasteiger partial charge in [0.15, 0.2) is 12.4 Å². The zero-order valence-corrected chi connectivity index (χ0v) is 16.0. The number of carbonyl (C=O) groups is 1. The molecular formula is C18H19ClN8O2. The van der Waals surface area contributed by atoms with E-state index in [-0.39, 0.29) is 19.1 Å². The topological polar surface area (TPSA) is 162 Å². The number of hydrogen-bond acceptors (Lipinski definition) is 9. The Morgan fingerprint density at radius 3 is 3.00 bits per heavy atom. The van der Waals surface area contributed by atoms with Crippen LogP contribution in [0.5, 0.6) is 5.75 Å². The van der Waals surface area contributed by atoms with Crippen LogP contribution in [0.4, 0.5) is 11.8 Å². The molecule has 0 unspecified atom stereocenters. The van der Waals surface area contributed by atoms with Gasteiger partial charge in [0.05, 0.1) is 18.4 Å². The number of hydrogen-bond donors (Lipinski definition) is 5. The summed E-state index contributed by atoms with van der Waals surface area (Å²) in [6, 6.07) is 9.19. The third-order valence-corrected chi connectivity index (χ3v) is 3.63. The fourth-order valence-electron chi connectivity index (χ4n) is 2.10. The van der Waals surface area contributed by atoms with Gasteiger partial charge in [-0.1, -0.05) is 23.7 Å². The first-order valence-electron chi connectivity index (χ1n) is 8.36. The standard InChI is InChI=1S/C18H19ClN8O2/c19-15-10-25-18(26-13(7-21)9-23-11-16(22)28)27-17(15)24-8-12-2-1-3-14(6-12)29-5-4-20/h1-3,6-7,9-10,21,23H,5,8,11H2,(H2,22,28)(H2,24,25,26,27)/b13-9+,21-7?. The van der Waals surface area contributed by atoms with Gasteiger partial charge in [-0.05, 0) is 17.7 Å². The van der Waals surface area contributed by atoms with Crippen LogP contribution in [0, 0.1) is 16.7 Å². The summed E-state index contributed by atoms with van der Waals surface area (Å²) in [5, 5.41) is 24.9. The largest absolute Gasteiger partial charge is 0.479 e. The third kappa shape index (κ3) is 7.36. The molecule has 0 aliphatic heterocycles. The van der Waals surface area contributed by atoms with E-state index < -0.39 is 5.91 Å². The number of nitriles is 1. The van der Waals surface area contributed by atoms with Crippen LogP contribution in [0.15, 0.2) is 42.4 Å². The van der Waals surface area contributed by atoms with Gasteiger partial charge in [0.2, 0.25) is 11.9 Å². The molecule has 6 N–H and O–H groups in total. The molecule has 0 bridgehead atoms. The molecule has 0 aliphatic rings. The minimum absolute atomic E-state index is 0.0270. The summed E-state index contributed by atoms with van der Waals surface area (Å²) in [6.45, 7) is 0.318. The highest BCUT2D eigenvalue weighted by Gasteiger charge is 2.07. The molecule has 0 saturated heterocycles. The highest BCUT2D eigenvalue weighted by Crippen LogP contribution is 2.21. The SMILES string of the molecule is N#CCOc1cccc(CNc2nc(N/C(C=N)=C/NCC(N)=O)ncc2Cl)c1. The zero-order valence-electron chi connectivity index (χ0n) is 15.3. The van der Waals surface area contributed by atoms with Gasteiger partial charge in [-0.25, -0.2) is 4.98 Å². The van der Waals surface area contributed by atoms with Crippen LogP contribution in [-0.2, 0) is 11.3 Å². The second-order valence-corrected chi connectivity index (χ2v) is 5.96. The van der Waals surface area contributed by atoms with Crippen molar-refractivity contribution < 1.29 is 9.53 Å². The zero-order chi connectivity index (χ0) is 21.1. The van der Waals surface area contributed by atoms with Crippen molar-refractivity contribution in [2.75, 3.05) is 23.8 Å². The van der Waals surface area contributed by atoms with Gasteiger partial charge >= 0.3 is 0 Å². The van der Waals surface area contributed by atoms with E-state index in [9.17, 15) is 4.79 Å². The van der Waals surface area contributed by atoms with Gasteiger partial charge in [0.1, 0.15) is 16.8 Å². The van der Waals surface area contributed by atoms with Crippen molar-refractivity contribution in [1.82, 2.24) is 15.3 Å². The number of benzene rings is 1. The lowest BCUT2D eigenvalue weighted by atomic mass is 10.2. The van der Waals surface area contributed by atoms with Crippen LogP contribution in [0.2, 0.25) is 5.02 Å². The van der Waals surface area contributed by atoms with E-state index in [0.29, 0.717) is 28.8 Å². The Bertz CT molecular complexity index is 942. The molecule has 1 aromatic heterocycles. The summed E-state index contributed by atoms with van der Waals surface area (Å²) in [5.74, 6) is 0.661. The minimum Gasteiger partial charge on any atom is -0.479 e. The Kier molecular flexibility index (Phi) is 8.22. The Labute approximate surface area is 172 Å². The van der Waals surface area contributed by atoms with E-state index in [1.54, 1.807) is 12.1 Å². The van der Waals surface area contributed by atoms with Crippen LogP contribution in [-0.4, -0.2) is 35.2 Å². The summed E-state index contributed by atoms with van der Waals surface area (Å²) >= 11 is 6.15. The number of allylic oxidation sites excluding steroid dienone is 1. The molecule has 0 spiro atoms. The average molecular weight is 415 g/mol. The van der Waals surface area contributed by atoms with E-state index in [1.165, 1.54) is 12.4 Å². The van der Waals surface area contributed by atoms with Gasteiger partial charge in [0, 0.05) is 19.0 Å². The lowest BCUT2D eigenvalue weighted by molar-refractivity contribution is -0.117. The van der Waals surface area contributed by atoms with Gasteiger partial charge in [-0.2, -0.15) is 10.2 Å². The molecule has 1 heterocycles. The number of anilines is 2. The number of primary amides is 1. The number of ether oxygens (including phenoxy) is 1. The van der Waals surface area contributed by atoms with Crippen molar-refractivity contribution in [3.05, 3.63) is 52.9 Å². The van der Waals surface area contributed by atoms with Crippen molar-refractivity contribution in [3.63, 3.8) is 0 Å². The molecule has 150 valence electrons. The molecule has 2 aromatic rings. The number of amides is 1. The summed E-state index contributed by atoms with van der Waals surface area (Å²) in [5.41, 5.74) is 6.27. The Hall–Kier alpha value is -3.84. The maximum absolute atomic E-state index is 10.8. The molecule has 1 amide bonds. The van der Waals surface area contributed by atoms with Gasteiger partial charge < -0.3 is 31.8 Å². The van der Waals surface area contributed by atoms with Crippen LogP contribution in [0.25, 0.3) is 0 Å². The molecular weight excluding hydrogens is 396 g/mol. The molecule has 29 heavy (non-hydrogen) atoms. The number of nitrogens with two attached hydrogens (primary N) is 1. The molecule has 0 saturated carbocycles. The Morgan fingerprint density at radius 2 is 2.28 bits per heavy atom. The smallest absolute Gasteiger partial charge is 0.236 e. The maximum Gasteiger partial charge on any atom is 0.236 e. The van der Waals surface area contributed by atoms with Gasteiger partial charge in [0.25, 0.3) is 0 Å². The van der Waals surface area contributed by atoms with Crippen molar-refractivity contribution in [3.8, 4) is 11.8 Å². The van der Waals surface area contributed by atoms with Gasteiger partial charge in [-0.3, -0.25) is 4.79 Å². The lowest BCUT2D eigenvalue weighted by Crippen LogP contribution is -2.25. The van der Waals surface area contributed by atoms with Crippen LogP contribution >= 0.6 is 11.6 Å². The highest BCUT2D eigenvalue weighted by molar-refractivity contribution is 6.32. The number of nitrogens with zero attached hydrogens (tertiary/aromatic N) is 3. The second kappa shape index (κ2) is 11.1. The number of aromatic nitrogens is 2. The third-order valence-electron chi connectivity index (χ3n) is 3.35. The Balaban J connectivity index is 2.04. The number of nitrogens with one attached hydrogen (secondary N) is 4. The number of rotatable bonds is 11. The molecule has 0 aliphatic carbocycles. The van der Waals surface area contributed by atoms with Crippen molar-refractivity contribution >= 4 is 35.5 Å². The Morgan fingerprint density at radius 1 is 1.45 bits per heavy atom. The van der Waals surface area contributed by atoms with Crippen molar-refractivity contribution in [2.24, 2.45) is 5.73 Å². The molecule has 2 rings (SSSR count). The summed E-state index contributed by atoms with van der Waals surface area (Å²) < 4.78 is 5.28. The molecule has 11 heteroatoms. The van der Waals surface area contributed by atoms with E-state index in [4.69, 9.17) is 32.7 Å². The lowest BCUT2D eigenvalue weighted by Gasteiger charge is -2.11. The monoisotopic (exact) mass is 414 g/mol. The van der Waals surface area contributed by atoms with E-state index in [0.717, 1.165) is 11.8 Å². The number of halogens is 1. The molecule has 0 atom stereocenters. The molecule has 0 radical (unpaired) electrons. The fraction of sp³-hybridized carbons (Fsp3) is 0.167. The molecule has 1 aromatic carbocycles. The van der Waals surface area contributed by atoms with E-state index in [1.807, 2.05) is 18.2 Å². The van der Waals surface area contributed by atoms with Crippen LogP contribution < -0.4 is 26.4 Å². The average Bonchev–Trinajstić information content (AvgIpc) is 2.71. The van der Waals surface area contributed by atoms with Crippen molar-refractivity contribution in [2.45, 2.75) is 6.54 Å². The first kappa shape index (κ1) is 21.5. The molecule has 0 fully saturated rings. The van der Waals surface area contributed by atoms with E-state index in [2.05, 4.69) is 25.9 Å². The minimum atomic E-state index is -0.526. The first-order chi connectivity index (χ1) is 14.0. The van der Waals surface area contributed by atoms with Crippen molar-refractivity contribution in [1.29, 1.82) is 10.7 Å². The summed E-state index contributed by atoms with van der Waals surface area (Å²) in [6.07, 6.45) is 3.87. The van der Waals surface area contributed by atoms with Crippen LogP contribution in [0.3, 0.4) is 0 Å². The summed E-state index contributed by atoms with van der Waals surface area (Å²) in [7, 11) is 0. The summed E-state index contributed by atoms with van der Waals surface area (Å²) in [4.78, 5) is 19.1. The number of carbonyl (C=O) groups excluding carboxylic acids is 1. The predicted octanol–water partition coefficient (Wildman–Crippen LogP) is 1.62. The highest BCUT2D eigenvalue weighted by atomic mass is 35.5.